The van der Waals surface area contributed by atoms with Gasteiger partial charge in [0.05, 0.1) is 6.04 Å². The highest BCUT2D eigenvalue weighted by Crippen LogP contribution is 2.10. The Morgan fingerprint density at radius 1 is 1.80 bits per heavy atom. The predicted molar refractivity (Wildman–Crippen MR) is 57.7 cm³/mol. The van der Waals surface area contributed by atoms with Crippen molar-refractivity contribution in [1.29, 1.82) is 0 Å². The van der Waals surface area contributed by atoms with Crippen LogP contribution in [0.2, 0.25) is 0 Å². The number of anilines is 1. The zero-order chi connectivity index (χ0) is 11.3. The van der Waals surface area contributed by atoms with Gasteiger partial charge in [-0.1, -0.05) is 12.8 Å². The molecule has 1 rings (SSSR count). The normalized spacial score (nSPS) is 11.5. The molecule has 4 nitrogen and oxygen atoms in total. The van der Waals surface area contributed by atoms with E-state index in [1.54, 1.807) is 6.07 Å². The number of rotatable bonds is 4. The molecular formula is C11H12N2O2. The average molecular weight is 204 g/mol. The fourth-order valence-electron chi connectivity index (χ4n) is 1.10. The van der Waals surface area contributed by atoms with E-state index in [0.29, 0.717) is 5.69 Å². The van der Waals surface area contributed by atoms with Crippen molar-refractivity contribution in [2.45, 2.75) is 19.4 Å². The van der Waals surface area contributed by atoms with Crippen molar-refractivity contribution in [3.63, 3.8) is 0 Å². The van der Waals surface area contributed by atoms with Gasteiger partial charge in [-0.25, -0.2) is 9.78 Å². The third-order valence-electron chi connectivity index (χ3n) is 1.93. The number of aromatic carboxylic acids is 1. The van der Waals surface area contributed by atoms with E-state index in [2.05, 4.69) is 16.2 Å². The monoisotopic (exact) mass is 204 g/mol. The van der Waals surface area contributed by atoms with E-state index in [-0.39, 0.29) is 11.7 Å². The summed E-state index contributed by atoms with van der Waals surface area (Å²) in [5, 5.41) is 11.8. The SMILES string of the molecule is C#CC(CC)Nc1ccnc(C(=O)O)c1. The molecule has 2 N–H and O–H groups in total. The summed E-state index contributed by atoms with van der Waals surface area (Å²) in [7, 11) is 0. The third kappa shape index (κ3) is 2.99. The number of nitrogens with zero attached hydrogens (tertiary/aromatic N) is 1. The van der Waals surface area contributed by atoms with E-state index in [1.165, 1.54) is 12.3 Å². The van der Waals surface area contributed by atoms with Crippen LogP contribution in [-0.4, -0.2) is 22.1 Å². The standard InChI is InChI=1S/C11H12N2O2/c1-3-8(4-2)13-9-5-6-12-10(7-9)11(14)15/h1,5-8H,4H2,2H3,(H,12,13)(H,14,15). The first-order chi connectivity index (χ1) is 7.17. The largest absolute Gasteiger partial charge is 0.477 e. The van der Waals surface area contributed by atoms with E-state index < -0.39 is 5.97 Å². The van der Waals surface area contributed by atoms with E-state index in [9.17, 15) is 4.79 Å². The van der Waals surface area contributed by atoms with Crippen LogP contribution in [0.25, 0.3) is 0 Å². The number of carboxylic acid groups (broad SMARTS) is 1. The highest BCUT2D eigenvalue weighted by atomic mass is 16.4. The summed E-state index contributed by atoms with van der Waals surface area (Å²) in [6.45, 7) is 1.96. The van der Waals surface area contributed by atoms with Crippen molar-refractivity contribution < 1.29 is 9.90 Å². The molecule has 1 unspecified atom stereocenters. The van der Waals surface area contributed by atoms with E-state index in [1.807, 2.05) is 6.92 Å². The molecule has 0 amide bonds. The van der Waals surface area contributed by atoms with Gasteiger partial charge < -0.3 is 10.4 Å². The second kappa shape index (κ2) is 5.01. The second-order valence-corrected chi connectivity index (χ2v) is 3.01. The van der Waals surface area contributed by atoms with Gasteiger partial charge in [-0.15, -0.1) is 6.42 Å². The van der Waals surface area contributed by atoms with Crippen LogP contribution in [0.4, 0.5) is 5.69 Å². The summed E-state index contributed by atoms with van der Waals surface area (Å²) in [4.78, 5) is 14.4. The Balaban J connectivity index is 2.83. The van der Waals surface area contributed by atoms with Gasteiger partial charge in [0.25, 0.3) is 0 Å². The van der Waals surface area contributed by atoms with Crippen molar-refractivity contribution in [1.82, 2.24) is 4.98 Å². The molecule has 78 valence electrons. The zero-order valence-corrected chi connectivity index (χ0v) is 8.40. The number of carbonyl (C=O) groups is 1. The van der Waals surface area contributed by atoms with Crippen LogP contribution in [-0.2, 0) is 0 Å². The molecule has 0 aromatic carbocycles. The second-order valence-electron chi connectivity index (χ2n) is 3.01. The molecule has 1 aromatic rings. The Labute approximate surface area is 88.3 Å². The summed E-state index contributed by atoms with van der Waals surface area (Å²) >= 11 is 0. The van der Waals surface area contributed by atoms with Crippen molar-refractivity contribution in [2.75, 3.05) is 5.32 Å². The maximum Gasteiger partial charge on any atom is 0.354 e. The molecule has 0 radical (unpaired) electrons. The molecule has 15 heavy (non-hydrogen) atoms. The Bertz CT molecular complexity index is 396. The van der Waals surface area contributed by atoms with Crippen molar-refractivity contribution in [2.24, 2.45) is 0 Å². The minimum atomic E-state index is -1.05. The van der Waals surface area contributed by atoms with Gasteiger partial charge in [0.2, 0.25) is 0 Å². The van der Waals surface area contributed by atoms with Gasteiger partial charge in [-0.3, -0.25) is 0 Å². The van der Waals surface area contributed by atoms with Gasteiger partial charge in [-0.2, -0.15) is 0 Å². The number of aromatic nitrogens is 1. The summed E-state index contributed by atoms with van der Waals surface area (Å²) in [5.74, 6) is 1.52. The quantitative estimate of drug-likeness (QED) is 0.731. The van der Waals surface area contributed by atoms with Crippen molar-refractivity contribution in [3.8, 4) is 12.3 Å². The number of carboxylic acids is 1. The fourth-order valence-corrected chi connectivity index (χ4v) is 1.10. The Hall–Kier alpha value is -2.02. The molecule has 0 spiro atoms. The van der Waals surface area contributed by atoms with Gasteiger partial charge in [0, 0.05) is 11.9 Å². The van der Waals surface area contributed by atoms with Gasteiger partial charge >= 0.3 is 5.97 Å². The number of pyridine rings is 1. The molecular weight excluding hydrogens is 192 g/mol. The van der Waals surface area contributed by atoms with Crippen molar-refractivity contribution in [3.05, 3.63) is 24.0 Å². The fraction of sp³-hybridized carbons (Fsp3) is 0.273. The van der Waals surface area contributed by atoms with Gasteiger partial charge in [-0.05, 0) is 18.6 Å². The number of terminal acetylenes is 1. The highest BCUT2D eigenvalue weighted by Gasteiger charge is 2.06. The molecule has 0 fully saturated rings. The first-order valence-electron chi connectivity index (χ1n) is 4.59. The summed E-state index contributed by atoms with van der Waals surface area (Å²) in [6, 6.07) is 3.06. The maximum absolute atomic E-state index is 10.6. The van der Waals surface area contributed by atoms with Gasteiger partial charge in [0.15, 0.2) is 0 Å². The molecule has 0 saturated heterocycles. The number of hydrogen-bond acceptors (Lipinski definition) is 3. The van der Waals surface area contributed by atoms with Crippen LogP contribution < -0.4 is 5.32 Å². The molecule has 1 atom stereocenters. The maximum atomic E-state index is 10.6. The number of nitrogens with one attached hydrogen (secondary N) is 1. The summed E-state index contributed by atoms with van der Waals surface area (Å²) < 4.78 is 0. The van der Waals surface area contributed by atoms with Crippen LogP contribution in [0, 0.1) is 12.3 Å². The first-order valence-corrected chi connectivity index (χ1v) is 4.59. The first kappa shape index (κ1) is 11.1. The lowest BCUT2D eigenvalue weighted by molar-refractivity contribution is 0.0690. The molecule has 1 aromatic heterocycles. The van der Waals surface area contributed by atoms with Crippen LogP contribution in [0.3, 0.4) is 0 Å². The lowest BCUT2D eigenvalue weighted by Gasteiger charge is -2.11. The minimum absolute atomic E-state index is 0.00637. The van der Waals surface area contributed by atoms with Gasteiger partial charge in [0.1, 0.15) is 5.69 Å². The summed E-state index contributed by atoms with van der Waals surface area (Å²) in [5.41, 5.74) is 0.680. The molecule has 1 heterocycles. The lowest BCUT2D eigenvalue weighted by Crippen LogP contribution is -2.16. The smallest absolute Gasteiger partial charge is 0.354 e. The molecule has 0 aliphatic carbocycles. The molecule has 0 aliphatic heterocycles. The zero-order valence-electron chi connectivity index (χ0n) is 8.40. The van der Waals surface area contributed by atoms with E-state index in [4.69, 9.17) is 11.5 Å². The van der Waals surface area contributed by atoms with E-state index >= 15 is 0 Å². The topological polar surface area (TPSA) is 62.2 Å². The molecule has 0 bridgehead atoms. The predicted octanol–water partition coefficient (Wildman–Crippen LogP) is 1.60. The molecule has 4 heteroatoms. The molecule has 0 aliphatic rings. The van der Waals surface area contributed by atoms with Crippen LogP contribution >= 0.6 is 0 Å². The van der Waals surface area contributed by atoms with Crippen LogP contribution in [0.15, 0.2) is 18.3 Å². The Morgan fingerprint density at radius 3 is 3.07 bits per heavy atom. The minimum Gasteiger partial charge on any atom is -0.477 e. The highest BCUT2D eigenvalue weighted by molar-refractivity contribution is 5.86. The van der Waals surface area contributed by atoms with Crippen LogP contribution in [0.5, 0.6) is 0 Å². The summed E-state index contributed by atoms with van der Waals surface area (Å²) in [6.07, 6.45) is 7.50. The van der Waals surface area contributed by atoms with E-state index in [0.717, 1.165) is 6.42 Å². The Morgan fingerprint density at radius 2 is 2.53 bits per heavy atom. The van der Waals surface area contributed by atoms with Crippen LogP contribution in [0.1, 0.15) is 23.8 Å². The number of hydrogen-bond donors (Lipinski definition) is 2. The van der Waals surface area contributed by atoms with Crippen molar-refractivity contribution >= 4 is 11.7 Å². The average Bonchev–Trinajstić information content (AvgIpc) is 2.26. The third-order valence-corrected chi connectivity index (χ3v) is 1.93. The Kier molecular flexibility index (Phi) is 3.69. The molecule has 0 saturated carbocycles. The lowest BCUT2D eigenvalue weighted by atomic mass is 10.2.